The third-order valence-corrected chi connectivity index (χ3v) is 2.96. The minimum atomic E-state index is 0.382. The van der Waals surface area contributed by atoms with E-state index in [-0.39, 0.29) is 0 Å². The Labute approximate surface area is 108 Å². The lowest BCUT2D eigenvalue weighted by molar-refractivity contribution is 0.242. The molecule has 0 radical (unpaired) electrons. The quantitative estimate of drug-likeness (QED) is 0.851. The standard InChI is InChI=1S/C13H20ClNO2/c1-4-9(2)8-17-13-10(7-15)5-11(14)6-12(13)16-3/h5-6,9H,4,7-8,15H2,1-3H3. The van der Waals surface area contributed by atoms with Crippen LogP contribution in [0.15, 0.2) is 12.1 Å². The summed E-state index contributed by atoms with van der Waals surface area (Å²) in [6, 6.07) is 3.56. The second-order valence-electron chi connectivity index (χ2n) is 4.12. The van der Waals surface area contributed by atoms with Crippen molar-refractivity contribution < 1.29 is 9.47 Å². The average Bonchev–Trinajstić information content (AvgIpc) is 2.35. The van der Waals surface area contributed by atoms with E-state index < -0.39 is 0 Å². The second-order valence-corrected chi connectivity index (χ2v) is 4.56. The number of halogens is 1. The van der Waals surface area contributed by atoms with Gasteiger partial charge in [0.25, 0.3) is 0 Å². The molecule has 0 aliphatic heterocycles. The zero-order chi connectivity index (χ0) is 12.8. The Morgan fingerprint density at radius 1 is 1.41 bits per heavy atom. The number of rotatable bonds is 6. The van der Waals surface area contributed by atoms with Crippen molar-refractivity contribution in [2.24, 2.45) is 11.7 Å². The van der Waals surface area contributed by atoms with Crippen LogP contribution in [0.25, 0.3) is 0 Å². The highest BCUT2D eigenvalue weighted by atomic mass is 35.5. The smallest absolute Gasteiger partial charge is 0.165 e. The van der Waals surface area contributed by atoms with E-state index in [2.05, 4.69) is 13.8 Å². The van der Waals surface area contributed by atoms with E-state index >= 15 is 0 Å². The topological polar surface area (TPSA) is 44.5 Å². The van der Waals surface area contributed by atoms with Gasteiger partial charge in [-0.3, -0.25) is 0 Å². The molecule has 3 nitrogen and oxygen atoms in total. The van der Waals surface area contributed by atoms with E-state index in [1.807, 2.05) is 6.07 Å². The lowest BCUT2D eigenvalue weighted by Crippen LogP contribution is -2.10. The Kier molecular flexibility index (Phi) is 5.59. The van der Waals surface area contributed by atoms with Gasteiger partial charge in [0.05, 0.1) is 13.7 Å². The summed E-state index contributed by atoms with van der Waals surface area (Å²) in [6.45, 7) is 5.32. The van der Waals surface area contributed by atoms with Gasteiger partial charge >= 0.3 is 0 Å². The van der Waals surface area contributed by atoms with Crippen LogP contribution in [0.3, 0.4) is 0 Å². The molecule has 0 bridgehead atoms. The molecule has 1 rings (SSSR count). The summed E-state index contributed by atoms with van der Waals surface area (Å²) >= 11 is 5.98. The van der Waals surface area contributed by atoms with Gasteiger partial charge in [-0.1, -0.05) is 31.9 Å². The molecular weight excluding hydrogens is 238 g/mol. The maximum Gasteiger partial charge on any atom is 0.165 e. The molecule has 0 saturated heterocycles. The molecule has 2 N–H and O–H groups in total. The highest BCUT2D eigenvalue weighted by Gasteiger charge is 2.12. The molecule has 0 aliphatic carbocycles. The molecular formula is C13H20ClNO2. The average molecular weight is 258 g/mol. The number of hydrogen-bond donors (Lipinski definition) is 1. The third-order valence-electron chi connectivity index (χ3n) is 2.75. The normalized spacial score (nSPS) is 12.3. The van der Waals surface area contributed by atoms with E-state index in [0.717, 1.165) is 12.0 Å². The van der Waals surface area contributed by atoms with Crippen LogP contribution in [-0.2, 0) is 6.54 Å². The van der Waals surface area contributed by atoms with E-state index in [0.29, 0.717) is 35.6 Å². The Balaban J connectivity index is 2.94. The predicted octanol–water partition coefficient (Wildman–Crippen LogP) is 3.23. The molecule has 1 atom stereocenters. The van der Waals surface area contributed by atoms with Crippen LogP contribution in [0.2, 0.25) is 5.02 Å². The molecule has 17 heavy (non-hydrogen) atoms. The molecule has 0 spiro atoms. The first-order valence-electron chi connectivity index (χ1n) is 5.81. The Morgan fingerprint density at radius 2 is 2.12 bits per heavy atom. The van der Waals surface area contributed by atoms with E-state index in [1.54, 1.807) is 13.2 Å². The van der Waals surface area contributed by atoms with Gasteiger partial charge in [0, 0.05) is 23.2 Å². The van der Waals surface area contributed by atoms with Crippen molar-refractivity contribution in [1.29, 1.82) is 0 Å². The maximum atomic E-state index is 5.98. The van der Waals surface area contributed by atoms with Gasteiger partial charge in [-0.25, -0.2) is 0 Å². The number of methoxy groups -OCH3 is 1. The summed E-state index contributed by atoms with van der Waals surface area (Å²) < 4.78 is 11.1. The Bertz CT molecular complexity index is 343. The number of hydrogen-bond acceptors (Lipinski definition) is 3. The first-order chi connectivity index (χ1) is 8.12. The van der Waals surface area contributed by atoms with Gasteiger partial charge in [0.2, 0.25) is 0 Å². The van der Waals surface area contributed by atoms with Gasteiger partial charge in [-0.05, 0) is 12.0 Å². The molecule has 0 heterocycles. The summed E-state index contributed by atoms with van der Waals surface area (Å²) in [7, 11) is 1.60. The van der Waals surface area contributed by atoms with Crippen LogP contribution in [-0.4, -0.2) is 13.7 Å². The number of benzene rings is 1. The fraction of sp³-hybridized carbons (Fsp3) is 0.538. The molecule has 0 amide bonds. The number of ether oxygens (including phenoxy) is 2. The summed E-state index contributed by atoms with van der Waals surface area (Å²) in [5.41, 5.74) is 6.56. The molecule has 1 aromatic carbocycles. The zero-order valence-electron chi connectivity index (χ0n) is 10.6. The summed E-state index contributed by atoms with van der Waals surface area (Å²) in [4.78, 5) is 0. The lowest BCUT2D eigenvalue weighted by Gasteiger charge is -2.17. The van der Waals surface area contributed by atoms with Crippen LogP contribution in [0, 0.1) is 5.92 Å². The first kappa shape index (κ1) is 14.1. The minimum Gasteiger partial charge on any atom is -0.493 e. The third kappa shape index (κ3) is 3.79. The van der Waals surface area contributed by atoms with Crippen LogP contribution < -0.4 is 15.2 Å². The van der Waals surface area contributed by atoms with Crippen molar-refractivity contribution in [3.05, 3.63) is 22.7 Å². The van der Waals surface area contributed by atoms with E-state index in [9.17, 15) is 0 Å². The summed E-state index contributed by atoms with van der Waals surface area (Å²) in [5, 5.41) is 0.609. The van der Waals surface area contributed by atoms with Gasteiger partial charge in [0.15, 0.2) is 11.5 Å². The molecule has 0 saturated carbocycles. The van der Waals surface area contributed by atoms with Gasteiger partial charge in [-0.15, -0.1) is 0 Å². The van der Waals surface area contributed by atoms with Crippen LogP contribution in [0.5, 0.6) is 11.5 Å². The van der Waals surface area contributed by atoms with E-state index in [4.69, 9.17) is 26.8 Å². The molecule has 0 aromatic heterocycles. The zero-order valence-corrected chi connectivity index (χ0v) is 11.4. The van der Waals surface area contributed by atoms with Crippen molar-refractivity contribution in [1.82, 2.24) is 0 Å². The monoisotopic (exact) mass is 257 g/mol. The maximum absolute atomic E-state index is 5.98. The van der Waals surface area contributed by atoms with Crippen molar-refractivity contribution >= 4 is 11.6 Å². The largest absolute Gasteiger partial charge is 0.493 e. The van der Waals surface area contributed by atoms with Gasteiger partial charge in [0.1, 0.15) is 0 Å². The fourth-order valence-corrected chi connectivity index (χ4v) is 1.66. The molecule has 0 aliphatic rings. The molecule has 0 fully saturated rings. The Morgan fingerprint density at radius 3 is 2.65 bits per heavy atom. The van der Waals surface area contributed by atoms with Crippen molar-refractivity contribution in [3.63, 3.8) is 0 Å². The van der Waals surface area contributed by atoms with Gasteiger partial charge < -0.3 is 15.2 Å². The lowest BCUT2D eigenvalue weighted by atomic mass is 10.1. The number of nitrogens with two attached hydrogens (primary N) is 1. The highest BCUT2D eigenvalue weighted by molar-refractivity contribution is 6.30. The summed E-state index contributed by atoms with van der Waals surface area (Å²) in [5.74, 6) is 1.85. The predicted molar refractivity (Wildman–Crippen MR) is 70.8 cm³/mol. The molecule has 4 heteroatoms. The Hall–Kier alpha value is -0.930. The minimum absolute atomic E-state index is 0.382. The fourth-order valence-electron chi connectivity index (χ4n) is 1.43. The van der Waals surface area contributed by atoms with E-state index in [1.165, 1.54) is 0 Å². The van der Waals surface area contributed by atoms with Crippen LogP contribution >= 0.6 is 11.6 Å². The first-order valence-corrected chi connectivity index (χ1v) is 6.19. The van der Waals surface area contributed by atoms with Crippen LogP contribution in [0.4, 0.5) is 0 Å². The molecule has 1 aromatic rings. The second kappa shape index (κ2) is 6.72. The van der Waals surface area contributed by atoms with Crippen molar-refractivity contribution in [3.8, 4) is 11.5 Å². The van der Waals surface area contributed by atoms with Crippen molar-refractivity contribution in [2.45, 2.75) is 26.8 Å². The highest BCUT2D eigenvalue weighted by Crippen LogP contribution is 2.34. The van der Waals surface area contributed by atoms with Crippen LogP contribution in [0.1, 0.15) is 25.8 Å². The van der Waals surface area contributed by atoms with Gasteiger partial charge in [-0.2, -0.15) is 0 Å². The molecule has 1 unspecified atom stereocenters. The van der Waals surface area contributed by atoms with Crippen molar-refractivity contribution in [2.75, 3.05) is 13.7 Å². The molecule has 96 valence electrons. The summed E-state index contributed by atoms with van der Waals surface area (Å²) in [6.07, 6.45) is 1.08. The SMILES string of the molecule is CCC(C)COc1c(CN)cc(Cl)cc1OC.